The molecule has 1 aromatic rings. The summed E-state index contributed by atoms with van der Waals surface area (Å²) >= 11 is 0. The van der Waals surface area contributed by atoms with Crippen LogP contribution in [0.25, 0.3) is 0 Å². The van der Waals surface area contributed by atoms with Gasteiger partial charge in [-0.25, -0.2) is 4.98 Å². The Morgan fingerprint density at radius 3 is 2.42 bits per heavy atom. The lowest BCUT2D eigenvalue weighted by Gasteiger charge is -2.29. The van der Waals surface area contributed by atoms with Crippen molar-refractivity contribution in [3.05, 3.63) is 18.2 Å². The van der Waals surface area contributed by atoms with Crippen molar-refractivity contribution in [2.75, 3.05) is 19.8 Å². The molecule has 0 aliphatic rings. The van der Waals surface area contributed by atoms with E-state index in [1.54, 1.807) is 0 Å². The van der Waals surface area contributed by atoms with Gasteiger partial charge in [-0.1, -0.05) is 0 Å². The van der Waals surface area contributed by atoms with Crippen LogP contribution >= 0.6 is 0 Å². The molecule has 12 heteroatoms. The van der Waals surface area contributed by atoms with Crippen LogP contribution in [0.2, 0.25) is 0 Å². The minimum absolute atomic E-state index is 0.441. The van der Waals surface area contributed by atoms with Crippen molar-refractivity contribution in [3.63, 3.8) is 0 Å². The number of aromatic nitrogens is 2. The molecule has 1 aromatic heterocycles. The lowest BCUT2D eigenvalue weighted by atomic mass is 9.97. The summed E-state index contributed by atoms with van der Waals surface area (Å²) in [6.45, 7) is -2.52. The highest BCUT2D eigenvalue weighted by Gasteiger charge is 2.58. The fourth-order valence-corrected chi connectivity index (χ4v) is 1.82. The van der Waals surface area contributed by atoms with Crippen LogP contribution in [0.3, 0.4) is 0 Å². The highest BCUT2D eigenvalue weighted by molar-refractivity contribution is 5.77. The van der Waals surface area contributed by atoms with Crippen molar-refractivity contribution >= 4 is 5.91 Å². The predicted octanol–water partition coefficient (Wildman–Crippen LogP) is 1.26. The Labute approximate surface area is 132 Å². The van der Waals surface area contributed by atoms with E-state index >= 15 is 0 Å². The Balaban J connectivity index is 2.63. The molecule has 1 atom stereocenters. The maximum atomic E-state index is 13.1. The third-order valence-corrected chi connectivity index (χ3v) is 2.91. The fraction of sp³-hybridized carbons (Fsp3) is 0.667. The third-order valence-electron chi connectivity index (χ3n) is 2.91. The SMILES string of the molecule is Cn1ccnc1C(O)(CC(=O)NCCOCC(F)(F)F)C(F)(F)F. The number of nitrogens with one attached hydrogen (secondary N) is 1. The number of imidazole rings is 1. The van der Waals surface area contributed by atoms with Gasteiger partial charge in [0.15, 0.2) is 5.82 Å². The first-order chi connectivity index (χ1) is 10.9. The van der Waals surface area contributed by atoms with Crippen LogP contribution in [0, 0.1) is 0 Å². The zero-order valence-electron chi connectivity index (χ0n) is 12.4. The number of aliphatic hydroxyl groups is 1. The standard InChI is InChI=1S/C12H15F6N3O3/c1-21-4-2-20-9(21)10(23,12(16,17)18)6-8(22)19-3-5-24-7-11(13,14)15/h2,4,23H,3,5-7H2,1H3,(H,19,22). The normalized spacial score (nSPS) is 15.2. The number of carbonyl (C=O) groups is 1. The zero-order chi connectivity index (χ0) is 18.6. The van der Waals surface area contributed by atoms with Gasteiger partial charge in [0.1, 0.15) is 6.61 Å². The van der Waals surface area contributed by atoms with E-state index < -0.39 is 55.9 Å². The van der Waals surface area contributed by atoms with Crippen molar-refractivity contribution < 1.29 is 41.0 Å². The molecule has 24 heavy (non-hydrogen) atoms. The molecule has 1 rings (SSSR count). The first-order valence-electron chi connectivity index (χ1n) is 6.55. The Bertz CT molecular complexity index is 557. The van der Waals surface area contributed by atoms with Gasteiger partial charge in [0.05, 0.1) is 13.0 Å². The number of rotatable bonds is 7. The maximum Gasteiger partial charge on any atom is 0.425 e. The first-order valence-corrected chi connectivity index (χ1v) is 6.55. The molecule has 0 radical (unpaired) electrons. The van der Waals surface area contributed by atoms with Gasteiger partial charge in [0, 0.05) is 26.0 Å². The summed E-state index contributed by atoms with van der Waals surface area (Å²) in [6, 6.07) is 0. The Kier molecular flexibility index (Phi) is 6.22. The van der Waals surface area contributed by atoms with Gasteiger partial charge in [-0.05, 0) is 0 Å². The molecule has 0 aromatic carbocycles. The average Bonchev–Trinajstić information content (AvgIpc) is 2.82. The largest absolute Gasteiger partial charge is 0.425 e. The molecule has 0 aliphatic carbocycles. The van der Waals surface area contributed by atoms with E-state index in [0.29, 0.717) is 0 Å². The molecule has 1 amide bonds. The van der Waals surface area contributed by atoms with Gasteiger partial charge in [0.25, 0.3) is 0 Å². The van der Waals surface area contributed by atoms with Crippen molar-refractivity contribution in [2.45, 2.75) is 24.4 Å². The van der Waals surface area contributed by atoms with Crippen LogP contribution < -0.4 is 5.32 Å². The molecule has 0 fully saturated rings. The van der Waals surface area contributed by atoms with E-state index in [9.17, 15) is 36.2 Å². The molecule has 0 saturated heterocycles. The molecule has 0 aliphatic heterocycles. The predicted molar refractivity (Wildman–Crippen MR) is 67.7 cm³/mol. The number of hydrogen-bond donors (Lipinski definition) is 2. The number of nitrogens with zero attached hydrogens (tertiary/aromatic N) is 2. The summed E-state index contributed by atoms with van der Waals surface area (Å²) in [5.74, 6) is -1.99. The number of ether oxygens (including phenoxy) is 1. The quantitative estimate of drug-likeness (QED) is 0.565. The Morgan fingerprint density at radius 2 is 1.96 bits per heavy atom. The Morgan fingerprint density at radius 1 is 1.33 bits per heavy atom. The van der Waals surface area contributed by atoms with E-state index in [0.717, 1.165) is 17.0 Å². The summed E-state index contributed by atoms with van der Waals surface area (Å²) in [5, 5.41) is 11.9. The second kappa shape index (κ2) is 7.38. The van der Waals surface area contributed by atoms with Crippen molar-refractivity contribution in [1.29, 1.82) is 0 Å². The average molecular weight is 363 g/mol. The van der Waals surface area contributed by atoms with Crippen LogP contribution in [0.15, 0.2) is 12.4 Å². The van der Waals surface area contributed by atoms with Gasteiger partial charge in [-0.2, -0.15) is 26.3 Å². The van der Waals surface area contributed by atoms with Crippen LogP contribution in [-0.2, 0) is 22.2 Å². The molecule has 1 unspecified atom stereocenters. The van der Waals surface area contributed by atoms with Gasteiger partial charge in [0.2, 0.25) is 11.5 Å². The second-order valence-corrected chi connectivity index (χ2v) is 4.91. The number of alkyl halides is 6. The van der Waals surface area contributed by atoms with Crippen LogP contribution in [-0.4, -0.2) is 52.7 Å². The summed E-state index contributed by atoms with van der Waals surface area (Å²) < 4.78 is 80.0. The van der Waals surface area contributed by atoms with Gasteiger partial charge >= 0.3 is 12.4 Å². The molecule has 0 saturated carbocycles. The van der Waals surface area contributed by atoms with Crippen molar-refractivity contribution in [2.24, 2.45) is 7.05 Å². The first kappa shape index (κ1) is 20.2. The van der Waals surface area contributed by atoms with Crippen molar-refractivity contribution in [1.82, 2.24) is 14.9 Å². The molecule has 0 bridgehead atoms. The number of carbonyl (C=O) groups excluding carboxylic acids is 1. The molecular formula is C12H15F6N3O3. The lowest BCUT2D eigenvalue weighted by molar-refractivity contribution is -0.271. The van der Waals surface area contributed by atoms with E-state index in [1.807, 2.05) is 5.32 Å². The van der Waals surface area contributed by atoms with E-state index in [2.05, 4.69) is 9.72 Å². The topological polar surface area (TPSA) is 76.4 Å². The third kappa shape index (κ3) is 5.37. The van der Waals surface area contributed by atoms with Gasteiger partial charge < -0.3 is 19.7 Å². The zero-order valence-corrected chi connectivity index (χ0v) is 12.4. The van der Waals surface area contributed by atoms with Crippen molar-refractivity contribution in [3.8, 4) is 0 Å². The summed E-state index contributed by atoms with van der Waals surface area (Å²) in [4.78, 5) is 15.0. The molecule has 2 N–H and O–H groups in total. The maximum absolute atomic E-state index is 13.1. The number of amides is 1. The molecule has 1 heterocycles. The van der Waals surface area contributed by atoms with Crippen LogP contribution in [0.5, 0.6) is 0 Å². The fourth-order valence-electron chi connectivity index (χ4n) is 1.82. The van der Waals surface area contributed by atoms with Crippen LogP contribution in [0.4, 0.5) is 26.3 Å². The van der Waals surface area contributed by atoms with E-state index in [-0.39, 0.29) is 0 Å². The van der Waals surface area contributed by atoms with E-state index in [4.69, 9.17) is 0 Å². The second-order valence-electron chi connectivity index (χ2n) is 4.91. The van der Waals surface area contributed by atoms with Crippen LogP contribution in [0.1, 0.15) is 12.2 Å². The van der Waals surface area contributed by atoms with E-state index in [1.165, 1.54) is 7.05 Å². The summed E-state index contributed by atoms with van der Waals surface area (Å²) in [6.07, 6.45) is -8.93. The highest BCUT2D eigenvalue weighted by atomic mass is 19.4. The molecular weight excluding hydrogens is 348 g/mol. The number of hydrogen-bond acceptors (Lipinski definition) is 4. The summed E-state index contributed by atoms with van der Waals surface area (Å²) in [7, 11) is 1.21. The monoisotopic (exact) mass is 363 g/mol. The highest BCUT2D eigenvalue weighted by Crippen LogP contribution is 2.40. The molecule has 138 valence electrons. The lowest BCUT2D eigenvalue weighted by Crippen LogP contribution is -2.48. The summed E-state index contributed by atoms with van der Waals surface area (Å²) in [5.41, 5.74) is -3.53. The Hall–Kier alpha value is -1.82. The smallest absolute Gasteiger partial charge is 0.374 e. The van der Waals surface area contributed by atoms with Gasteiger partial charge in [-0.15, -0.1) is 0 Å². The minimum atomic E-state index is -5.18. The molecule has 6 nitrogen and oxygen atoms in total. The number of aryl methyl sites for hydroxylation is 1. The number of halogens is 6. The minimum Gasteiger partial charge on any atom is -0.374 e. The van der Waals surface area contributed by atoms with Gasteiger partial charge in [-0.3, -0.25) is 4.79 Å². The molecule has 0 spiro atoms.